The Bertz CT molecular complexity index is 1060. The van der Waals surface area contributed by atoms with Gasteiger partial charge in [0, 0.05) is 27.4 Å². The largest absolute Gasteiger partial charge is 0.346 e. The zero-order chi connectivity index (χ0) is 18.9. The Hall–Kier alpha value is -1.47. The van der Waals surface area contributed by atoms with Crippen LogP contribution < -0.4 is 5.32 Å². The van der Waals surface area contributed by atoms with E-state index in [2.05, 4.69) is 15.2 Å². The van der Waals surface area contributed by atoms with E-state index < -0.39 is 0 Å². The number of aromatic nitrogens is 1. The molecule has 1 aromatic carbocycles. The van der Waals surface area contributed by atoms with Crippen LogP contribution in [0.1, 0.15) is 35.4 Å². The van der Waals surface area contributed by atoms with Crippen LogP contribution in [0.15, 0.2) is 29.8 Å². The number of thiazole rings is 1. The first-order valence-electron chi connectivity index (χ1n) is 9.83. The molecule has 1 spiro atoms. The summed E-state index contributed by atoms with van der Waals surface area (Å²) in [5, 5.41) is 8.03. The second kappa shape index (κ2) is 6.26. The summed E-state index contributed by atoms with van der Waals surface area (Å²) in [6.45, 7) is 2.41. The van der Waals surface area contributed by atoms with Gasteiger partial charge in [-0.1, -0.05) is 17.7 Å². The second-order valence-electron chi connectivity index (χ2n) is 8.17. The highest BCUT2D eigenvalue weighted by molar-refractivity contribution is 7.22. The standard InChI is InChI=1S/C21H20ClN3OS2/c22-14-2-1-13-11-15(28-17(13)16(14)20-23-7-10-27-20)19(26)24-18-12-3-8-25(9-4-12)21(18)5-6-21/h1-2,7,10-12,18H,3-6,8-9H2,(H,24,26)/t18-/m1/s1. The molecule has 4 nitrogen and oxygen atoms in total. The lowest BCUT2D eigenvalue weighted by Crippen LogP contribution is -2.65. The quantitative estimate of drug-likeness (QED) is 0.634. The van der Waals surface area contributed by atoms with Crippen molar-refractivity contribution in [3.8, 4) is 10.6 Å². The minimum absolute atomic E-state index is 0.0624. The normalized spacial score (nSPS) is 27.4. The molecule has 1 aliphatic carbocycles. The molecule has 2 bridgehead atoms. The molecule has 3 aliphatic heterocycles. The van der Waals surface area contributed by atoms with Crippen LogP contribution in [0, 0.1) is 5.92 Å². The number of thiophene rings is 1. The van der Waals surface area contributed by atoms with E-state index in [4.69, 9.17) is 11.6 Å². The lowest BCUT2D eigenvalue weighted by atomic mass is 9.77. The van der Waals surface area contributed by atoms with Crippen LogP contribution in [0.25, 0.3) is 20.7 Å². The summed E-state index contributed by atoms with van der Waals surface area (Å²) in [5.41, 5.74) is 1.20. The molecule has 1 N–H and O–H groups in total. The number of halogens is 1. The third-order valence-electron chi connectivity index (χ3n) is 6.77. The second-order valence-corrected chi connectivity index (χ2v) is 10.5. The van der Waals surface area contributed by atoms with Crippen molar-refractivity contribution in [2.45, 2.75) is 37.3 Å². The van der Waals surface area contributed by atoms with Crippen molar-refractivity contribution in [3.63, 3.8) is 0 Å². The highest BCUT2D eigenvalue weighted by atomic mass is 35.5. The van der Waals surface area contributed by atoms with Crippen LogP contribution in [0.5, 0.6) is 0 Å². The van der Waals surface area contributed by atoms with Crippen molar-refractivity contribution in [2.75, 3.05) is 13.1 Å². The van der Waals surface area contributed by atoms with Gasteiger partial charge in [-0.15, -0.1) is 22.7 Å². The molecule has 4 aliphatic rings. The van der Waals surface area contributed by atoms with E-state index in [9.17, 15) is 4.79 Å². The molecule has 1 atom stereocenters. The number of piperidine rings is 3. The van der Waals surface area contributed by atoms with E-state index in [0.29, 0.717) is 17.0 Å². The maximum absolute atomic E-state index is 13.2. The number of nitrogens with one attached hydrogen (secondary N) is 1. The van der Waals surface area contributed by atoms with E-state index in [1.54, 1.807) is 17.5 Å². The first-order chi connectivity index (χ1) is 13.7. The molecule has 144 valence electrons. The number of amides is 1. The Morgan fingerprint density at radius 1 is 1.29 bits per heavy atom. The van der Waals surface area contributed by atoms with E-state index >= 15 is 0 Å². The van der Waals surface area contributed by atoms with Gasteiger partial charge in [0.05, 0.1) is 15.9 Å². The van der Waals surface area contributed by atoms with Gasteiger partial charge in [-0.3, -0.25) is 9.69 Å². The summed E-state index contributed by atoms with van der Waals surface area (Å²) < 4.78 is 1.04. The van der Waals surface area contributed by atoms with E-state index in [0.717, 1.165) is 25.5 Å². The van der Waals surface area contributed by atoms with Crippen LogP contribution in [-0.4, -0.2) is 40.5 Å². The van der Waals surface area contributed by atoms with Gasteiger partial charge >= 0.3 is 0 Å². The molecule has 1 amide bonds. The van der Waals surface area contributed by atoms with Crippen molar-refractivity contribution < 1.29 is 4.79 Å². The molecule has 0 unspecified atom stereocenters. The third kappa shape index (κ3) is 2.51. The molecule has 1 saturated carbocycles. The van der Waals surface area contributed by atoms with Crippen molar-refractivity contribution in [1.29, 1.82) is 0 Å². The van der Waals surface area contributed by atoms with E-state index in [-0.39, 0.29) is 11.4 Å². The average Bonchev–Trinajstić information content (AvgIpc) is 3.12. The number of carbonyl (C=O) groups is 1. The minimum Gasteiger partial charge on any atom is -0.346 e. The van der Waals surface area contributed by atoms with Gasteiger partial charge in [-0.05, 0) is 62.2 Å². The zero-order valence-electron chi connectivity index (χ0n) is 15.3. The smallest absolute Gasteiger partial charge is 0.261 e. The molecule has 2 aromatic heterocycles. The zero-order valence-corrected chi connectivity index (χ0v) is 17.7. The molecule has 28 heavy (non-hydrogen) atoms. The third-order valence-corrected chi connectivity index (χ3v) is 9.05. The average molecular weight is 430 g/mol. The van der Waals surface area contributed by atoms with Crippen LogP contribution in [-0.2, 0) is 0 Å². The maximum atomic E-state index is 13.2. The number of fused-ring (bicyclic) bond motifs is 3. The predicted octanol–water partition coefficient (Wildman–Crippen LogP) is 5.03. The fourth-order valence-electron chi connectivity index (χ4n) is 5.27. The summed E-state index contributed by atoms with van der Waals surface area (Å²) in [6, 6.07) is 6.21. The van der Waals surface area contributed by atoms with Gasteiger partial charge < -0.3 is 5.32 Å². The summed E-state index contributed by atoms with van der Waals surface area (Å²) in [6.07, 6.45) is 6.67. The van der Waals surface area contributed by atoms with Gasteiger partial charge in [0.15, 0.2) is 0 Å². The number of carbonyl (C=O) groups excluding carboxylic acids is 1. The van der Waals surface area contributed by atoms with Crippen molar-refractivity contribution in [1.82, 2.24) is 15.2 Å². The van der Waals surface area contributed by atoms with Crippen LogP contribution in [0.2, 0.25) is 5.02 Å². The van der Waals surface area contributed by atoms with Gasteiger partial charge in [-0.2, -0.15) is 0 Å². The van der Waals surface area contributed by atoms with Gasteiger partial charge in [0.2, 0.25) is 0 Å². The molecule has 5 heterocycles. The molecule has 7 heteroatoms. The van der Waals surface area contributed by atoms with Crippen molar-refractivity contribution >= 4 is 50.3 Å². The Kier molecular flexibility index (Phi) is 3.89. The van der Waals surface area contributed by atoms with Crippen LogP contribution in [0.4, 0.5) is 0 Å². The summed E-state index contributed by atoms with van der Waals surface area (Å²) in [4.78, 5) is 21.0. The summed E-state index contributed by atoms with van der Waals surface area (Å²) in [5.74, 6) is 0.693. The Morgan fingerprint density at radius 2 is 2.11 bits per heavy atom. The van der Waals surface area contributed by atoms with Crippen molar-refractivity contribution in [2.24, 2.45) is 5.92 Å². The molecule has 3 aromatic rings. The lowest BCUT2D eigenvalue weighted by Gasteiger charge is -2.52. The first-order valence-corrected chi connectivity index (χ1v) is 11.9. The topological polar surface area (TPSA) is 45.2 Å². The Morgan fingerprint density at radius 3 is 2.82 bits per heavy atom. The number of nitrogens with zero attached hydrogens (tertiary/aromatic N) is 2. The van der Waals surface area contributed by atoms with Crippen LogP contribution in [0.3, 0.4) is 0 Å². The Labute approximate surface area is 176 Å². The fourth-order valence-corrected chi connectivity index (χ4v) is 7.51. The van der Waals surface area contributed by atoms with Gasteiger partial charge in [-0.25, -0.2) is 4.98 Å². The lowest BCUT2D eigenvalue weighted by molar-refractivity contribution is -0.00138. The molecular weight excluding hydrogens is 410 g/mol. The SMILES string of the molecule is O=C(N[C@@H]1C2CCN(CC2)C12CC2)c1cc2ccc(Cl)c(-c3nccs3)c2s1. The molecule has 7 rings (SSSR count). The number of benzene rings is 1. The molecular formula is C21H20ClN3OS2. The molecule has 4 fully saturated rings. The fraction of sp³-hybridized carbons (Fsp3) is 0.429. The molecule has 0 radical (unpaired) electrons. The number of rotatable bonds is 3. The highest BCUT2D eigenvalue weighted by Gasteiger charge is 2.60. The Balaban J connectivity index is 1.34. The van der Waals surface area contributed by atoms with E-state index in [1.807, 2.05) is 23.6 Å². The van der Waals surface area contributed by atoms with E-state index in [1.165, 1.54) is 50.1 Å². The summed E-state index contributed by atoms with van der Waals surface area (Å²) in [7, 11) is 0. The summed E-state index contributed by atoms with van der Waals surface area (Å²) >= 11 is 9.60. The highest BCUT2D eigenvalue weighted by Crippen LogP contribution is 2.53. The number of hydrogen-bond acceptors (Lipinski definition) is 5. The van der Waals surface area contributed by atoms with Crippen molar-refractivity contribution in [3.05, 3.63) is 39.7 Å². The van der Waals surface area contributed by atoms with Crippen LogP contribution >= 0.6 is 34.3 Å². The predicted molar refractivity (Wildman–Crippen MR) is 115 cm³/mol. The monoisotopic (exact) mass is 429 g/mol. The first kappa shape index (κ1) is 17.4. The molecule has 3 saturated heterocycles. The van der Waals surface area contributed by atoms with Gasteiger partial charge in [0.1, 0.15) is 5.01 Å². The minimum atomic E-state index is 0.0624. The number of hydrogen-bond donors (Lipinski definition) is 1. The van der Waals surface area contributed by atoms with Gasteiger partial charge in [0.25, 0.3) is 5.91 Å². The maximum Gasteiger partial charge on any atom is 0.261 e.